The number of carboxylic acid groups (broad SMARTS) is 1. The van der Waals surface area contributed by atoms with Crippen LogP contribution in [0.2, 0.25) is 0 Å². The number of nitrogens with zero attached hydrogens (tertiary/aromatic N) is 1. The Balaban J connectivity index is 2.50. The molecule has 16 heavy (non-hydrogen) atoms. The second kappa shape index (κ2) is 4.09. The number of H-pyrrole nitrogens is 1. The zero-order valence-corrected chi connectivity index (χ0v) is 10.1. The molecular formula is C11H9BrN2O2. The van der Waals surface area contributed by atoms with E-state index >= 15 is 0 Å². The molecule has 0 aliphatic rings. The number of aromatic amines is 1. The van der Waals surface area contributed by atoms with Crippen LogP contribution in [0.4, 0.5) is 0 Å². The summed E-state index contributed by atoms with van der Waals surface area (Å²) in [6.45, 7) is 1.96. The number of carboxylic acids is 1. The highest BCUT2D eigenvalue weighted by atomic mass is 79.9. The topological polar surface area (TPSA) is 66.0 Å². The van der Waals surface area contributed by atoms with Crippen LogP contribution >= 0.6 is 15.9 Å². The van der Waals surface area contributed by atoms with E-state index in [9.17, 15) is 4.79 Å². The molecule has 0 spiro atoms. The highest BCUT2D eigenvalue weighted by Gasteiger charge is 2.10. The normalized spacial score (nSPS) is 10.4. The van der Waals surface area contributed by atoms with E-state index in [1.807, 2.05) is 25.1 Å². The SMILES string of the molecule is Cc1ccc(Br)cc1-c1cc(C(=O)O)[nH]n1. The minimum atomic E-state index is -1.01. The average Bonchev–Trinajstić information content (AvgIpc) is 2.70. The van der Waals surface area contributed by atoms with Gasteiger partial charge in [-0.25, -0.2) is 4.79 Å². The van der Waals surface area contributed by atoms with Gasteiger partial charge < -0.3 is 5.11 Å². The lowest BCUT2D eigenvalue weighted by atomic mass is 10.1. The van der Waals surface area contributed by atoms with Gasteiger partial charge in [0.05, 0.1) is 5.69 Å². The third-order valence-electron chi connectivity index (χ3n) is 2.28. The molecule has 0 aliphatic heterocycles. The first-order valence-corrected chi connectivity index (χ1v) is 5.42. The van der Waals surface area contributed by atoms with E-state index in [-0.39, 0.29) is 5.69 Å². The Labute approximate surface area is 100 Å². The van der Waals surface area contributed by atoms with Crippen LogP contribution in [0.3, 0.4) is 0 Å². The van der Waals surface area contributed by atoms with Gasteiger partial charge >= 0.3 is 5.97 Å². The second-order valence-corrected chi connectivity index (χ2v) is 4.35. The van der Waals surface area contributed by atoms with Crippen LogP contribution in [0.5, 0.6) is 0 Å². The summed E-state index contributed by atoms with van der Waals surface area (Å²) in [6, 6.07) is 7.33. The molecule has 0 saturated carbocycles. The summed E-state index contributed by atoms with van der Waals surface area (Å²) in [5.41, 5.74) is 2.69. The number of carbonyl (C=O) groups is 1. The van der Waals surface area contributed by atoms with Crippen molar-refractivity contribution in [3.8, 4) is 11.3 Å². The molecular weight excluding hydrogens is 272 g/mol. The lowest BCUT2D eigenvalue weighted by Crippen LogP contribution is -1.95. The largest absolute Gasteiger partial charge is 0.477 e. The number of halogens is 1. The summed E-state index contributed by atoms with van der Waals surface area (Å²) in [6.07, 6.45) is 0. The number of nitrogens with one attached hydrogen (secondary N) is 1. The van der Waals surface area contributed by atoms with Gasteiger partial charge in [-0.05, 0) is 30.7 Å². The fourth-order valence-electron chi connectivity index (χ4n) is 1.44. The van der Waals surface area contributed by atoms with E-state index in [0.29, 0.717) is 5.69 Å². The maximum atomic E-state index is 10.7. The highest BCUT2D eigenvalue weighted by molar-refractivity contribution is 9.10. The van der Waals surface area contributed by atoms with Crippen molar-refractivity contribution in [2.45, 2.75) is 6.92 Å². The van der Waals surface area contributed by atoms with Crippen LogP contribution in [0.1, 0.15) is 16.1 Å². The Hall–Kier alpha value is -1.62. The van der Waals surface area contributed by atoms with Crippen LogP contribution in [0.15, 0.2) is 28.7 Å². The Morgan fingerprint density at radius 3 is 2.81 bits per heavy atom. The predicted octanol–water partition coefficient (Wildman–Crippen LogP) is 2.85. The van der Waals surface area contributed by atoms with Crippen molar-refractivity contribution < 1.29 is 9.90 Å². The summed E-state index contributed by atoms with van der Waals surface area (Å²) in [5, 5.41) is 15.3. The van der Waals surface area contributed by atoms with E-state index in [2.05, 4.69) is 26.1 Å². The maximum absolute atomic E-state index is 10.7. The number of benzene rings is 1. The van der Waals surface area contributed by atoms with Crippen molar-refractivity contribution in [2.75, 3.05) is 0 Å². The summed E-state index contributed by atoms with van der Waals surface area (Å²) in [5.74, 6) is -1.01. The van der Waals surface area contributed by atoms with Crippen LogP contribution in [0, 0.1) is 6.92 Å². The quantitative estimate of drug-likeness (QED) is 0.889. The van der Waals surface area contributed by atoms with Crippen molar-refractivity contribution in [3.05, 3.63) is 40.0 Å². The summed E-state index contributed by atoms with van der Waals surface area (Å²) < 4.78 is 0.938. The van der Waals surface area contributed by atoms with Gasteiger partial charge in [0, 0.05) is 10.0 Å². The first-order valence-electron chi connectivity index (χ1n) is 4.63. The fourth-order valence-corrected chi connectivity index (χ4v) is 1.80. The third-order valence-corrected chi connectivity index (χ3v) is 2.78. The first-order chi connectivity index (χ1) is 7.58. The van der Waals surface area contributed by atoms with Crippen molar-refractivity contribution in [3.63, 3.8) is 0 Å². The predicted molar refractivity (Wildman–Crippen MR) is 63.4 cm³/mol. The lowest BCUT2D eigenvalue weighted by molar-refractivity contribution is 0.0690. The molecule has 4 nitrogen and oxygen atoms in total. The molecule has 0 amide bonds. The smallest absolute Gasteiger partial charge is 0.353 e. The van der Waals surface area contributed by atoms with Gasteiger partial charge in [-0.3, -0.25) is 5.10 Å². The Bertz CT molecular complexity index is 549. The molecule has 0 bridgehead atoms. The average molecular weight is 281 g/mol. The molecule has 5 heteroatoms. The third kappa shape index (κ3) is 1.99. The standard InChI is InChI=1S/C11H9BrN2O2/c1-6-2-3-7(12)4-8(6)9-5-10(11(15)16)14-13-9/h2-5H,1H3,(H,13,14)(H,15,16). The Morgan fingerprint density at radius 1 is 1.44 bits per heavy atom. The minimum Gasteiger partial charge on any atom is -0.477 e. The molecule has 0 radical (unpaired) electrons. The molecule has 2 aromatic rings. The molecule has 0 fully saturated rings. The van der Waals surface area contributed by atoms with Gasteiger partial charge in [-0.1, -0.05) is 22.0 Å². The highest BCUT2D eigenvalue weighted by Crippen LogP contribution is 2.25. The minimum absolute atomic E-state index is 0.0920. The molecule has 2 rings (SSSR count). The number of rotatable bonds is 2. The van der Waals surface area contributed by atoms with E-state index in [4.69, 9.17) is 5.11 Å². The van der Waals surface area contributed by atoms with Crippen molar-refractivity contribution >= 4 is 21.9 Å². The molecule has 0 atom stereocenters. The zero-order valence-electron chi connectivity index (χ0n) is 8.49. The molecule has 1 aromatic heterocycles. The van der Waals surface area contributed by atoms with E-state index in [0.717, 1.165) is 15.6 Å². The monoisotopic (exact) mass is 280 g/mol. The van der Waals surface area contributed by atoms with Crippen LogP contribution in [-0.2, 0) is 0 Å². The molecule has 0 unspecified atom stereocenters. The fraction of sp³-hybridized carbons (Fsp3) is 0.0909. The number of aromatic nitrogens is 2. The van der Waals surface area contributed by atoms with E-state index in [1.165, 1.54) is 6.07 Å². The lowest BCUT2D eigenvalue weighted by Gasteiger charge is -2.02. The Morgan fingerprint density at radius 2 is 2.19 bits per heavy atom. The second-order valence-electron chi connectivity index (χ2n) is 3.43. The van der Waals surface area contributed by atoms with Crippen molar-refractivity contribution in [1.29, 1.82) is 0 Å². The number of hydrogen-bond donors (Lipinski definition) is 2. The summed E-state index contributed by atoms with van der Waals surface area (Å²) in [4.78, 5) is 10.7. The molecule has 0 aliphatic carbocycles. The van der Waals surface area contributed by atoms with Crippen LogP contribution in [-0.4, -0.2) is 21.3 Å². The number of hydrogen-bond acceptors (Lipinski definition) is 2. The molecule has 1 aromatic carbocycles. The zero-order chi connectivity index (χ0) is 11.7. The summed E-state index contributed by atoms with van der Waals surface area (Å²) in [7, 11) is 0. The van der Waals surface area contributed by atoms with Gasteiger partial charge in [0.15, 0.2) is 0 Å². The Kier molecular flexibility index (Phi) is 2.78. The van der Waals surface area contributed by atoms with Crippen molar-refractivity contribution in [1.82, 2.24) is 10.2 Å². The van der Waals surface area contributed by atoms with E-state index in [1.54, 1.807) is 0 Å². The molecule has 2 N–H and O–H groups in total. The van der Waals surface area contributed by atoms with Gasteiger partial charge in [0.2, 0.25) is 0 Å². The van der Waals surface area contributed by atoms with E-state index < -0.39 is 5.97 Å². The number of aromatic carboxylic acids is 1. The maximum Gasteiger partial charge on any atom is 0.353 e. The van der Waals surface area contributed by atoms with Gasteiger partial charge in [0.1, 0.15) is 5.69 Å². The van der Waals surface area contributed by atoms with Gasteiger partial charge in [0.25, 0.3) is 0 Å². The first kappa shape index (κ1) is 10.9. The van der Waals surface area contributed by atoms with Gasteiger partial charge in [-0.2, -0.15) is 5.10 Å². The molecule has 82 valence electrons. The van der Waals surface area contributed by atoms with Gasteiger partial charge in [-0.15, -0.1) is 0 Å². The van der Waals surface area contributed by atoms with Crippen LogP contribution in [0.25, 0.3) is 11.3 Å². The van der Waals surface area contributed by atoms with Crippen LogP contribution < -0.4 is 0 Å². The van der Waals surface area contributed by atoms with Crippen molar-refractivity contribution in [2.24, 2.45) is 0 Å². The number of aryl methyl sites for hydroxylation is 1. The molecule has 0 saturated heterocycles. The molecule has 1 heterocycles. The summed E-state index contributed by atoms with van der Waals surface area (Å²) >= 11 is 3.38.